The third-order valence-electron chi connectivity index (χ3n) is 5.81. The van der Waals surface area contributed by atoms with Crippen LogP contribution in [0.4, 0.5) is 5.69 Å². The number of carbonyl (C=O) groups is 1. The van der Waals surface area contributed by atoms with Crippen LogP contribution in [0.15, 0.2) is 78.5 Å². The highest BCUT2D eigenvalue weighted by atomic mass is 16.3. The molecule has 3 aromatic rings. The van der Waals surface area contributed by atoms with Crippen molar-refractivity contribution in [2.24, 2.45) is 0 Å². The minimum atomic E-state index is -0.475. The maximum absolute atomic E-state index is 12.7. The Labute approximate surface area is 187 Å². The number of nitrogens with one attached hydrogen (secondary N) is 2. The first kappa shape index (κ1) is 21.4. The lowest BCUT2D eigenvalue weighted by Crippen LogP contribution is -2.40. The van der Waals surface area contributed by atoms with E-state index in [1.165, 1.54) is 11.8 Å². The lowest BCUT2D eigenvalue weighted by molar-refractivity contribution is -0.112. The number of piperidine rings is 1. The zero-order valence-corrected chi connectivity index (χ0v) is 17.8. The van der Waals surface area contributed by atoms with Crippen molar-refractivity contribution in [3.8, 4) is 11.8 Å². The topological polar surface area (TPSA) is 88.4 Å². The van der Waals surface area contributed by atoms with Crippen LogP contribution in [0.25, 0.3) is 10.8 Å². The van der Waals surface area contributed by atoms with Crippen molar-refractivity contribution < 1.29 is 9.90 Å². The number of rotatable bonds is 6. The number of likely N-dealkylation sites (tertiary alicyclic amines) is 1. The predicted molar refractivity (Wildman–Crippen MR) is 126 cm³/mol. The van der Waals surface area contributed by atoms with E-state index in [9.17, 15) is 15.2 Å². The number of carbonyl (C=O) groups excluding carboxylic acids is 1. The van der Waals surface area contributed by atoms with E-state index in [2.05, 4.69) is 39.8 Å². The van der Waals surface area contributed by atoms with E-state index in [1.807, 2.05) is 18.2 Å². The van der Waals surface area contributed by atoms with Gasteiger partial charge in [-0.15, -0.1) is 0 Å². The van der Waals surface area contributed by atoms with Gasteiger partial charge in [-0.2, -0.15) is 5.26 Å². The second-order valence-electron chi connectivity index (χ2n) is 8.00. The van der Waals surface area contributed by atoms with Crippen molar-refractivity contribution in [3.63, 3.8) is 0 Å². The molecular formula is C26H26N4O2. The number of fused-ring (bicyclic) bond motifs is 1. The van der Waals surface area contributed by atoms with Gasteiger partial charge in [0.1, 0.15) is 17.4 Å². The van der Waals surface area contributed by atoms with Gasteiger partial charge in [0.25, 0.3) is 5.91 Å². The fourth-order valence-electron chi connectivity index (χ4n) is 4.04. The van der Waals surface area contributed by atoms with Crippen LogP contribution in [0.1, 0.15) is 18.4 Å². The molecular weight excluding hydrogens is 400 g/mol. The van der Waals surface area contributed by atoms with Gasteiger partial charge in [0.05, 0.1) is 0 Å². The number of hydrogen-bond acceptors (Lipinski definition) is 5. The smallest absolute Gasteiger partial charge is 0.267 e. The SMILES string of the molecule is N#C/C(=C/NC1CCN(Cc2ccccc2)CC1)C(=O)Nc1cccc2c(O)cccc12. The van der Waals surface area contributed by atoms with Gasteiger partial charge < -0.3 is 15.7 Å². The molecule has 6 heteroatoms. The van der Waals surface area contributed by atoms with Crippen LogP contribution in [-0.4, -0.2) is 35.0 Å². The molecule has 4 rings (SSSR count). The van der Waals surface area contributed by atoms with E-state index in [1.54, 1.807) is 30.3 Å². The van der Waals surface area contributed by atoms with Crippen LogP contribution < -0.4 is 10.6 Å². The van der Waals surface area contributed by atoms with E-state index in [0.29, 0.717) is 11.1 Å². The standard InChI is InChI=1S/C26H26N4O2/c27-16-20(26(32)29-24-10-4-9-23-22(24)8-5-11-25(23)31)17-28-21-12-14-30(15-13-21)18-19-6-2-1-3-7-19/h1-11,17,21,28,31H,12-15,18H2,(H,29,32)/b20-17-. The average Bonchev–Trinajstić information content (AvgIpc) is 2.82. The van der Waals surface area contributed by atoms with Crippen LogP contribution in [0.3, 0.4) is 0 Å². The van der Waals surface area contributed by atoms with Gasteiger partial charge in [-0.3, -0.25) is 9.69 Å². The van der Waals surface area contributed by atoms with Crippen molar-refractivity contribution >= 4 is 22.4 Å². The summed E-state index contributed by atoms with van der Waals surface area (Å²) in [7, 11) is 0. The van der Waals surface area contributed by atoms with Gasteiger partial charge in [-0.05, 0) is 30.5 Å². The van der Waals surface area contributed by atoms with Crippen molar-refractivity contribution in [1.82, 2.24) is 10.2 Å². The molecule has 0 aromatic heterocycles. The molecule has 1 heterocycles. The average molecular weight is 427 g/mol. The van der Waals surface area contributed by atoms with Crippen LogP contribution in [0.2, 0.25) is 0 Å². The maximum Gasteiger partial charge on any atom is 0.267 e. The minimum Gasteiger partial charge on any atom is -0.507 e. The molecule has 162 valence electrons. The Bertz CT molecular complexity index is 1160. The molecule has 0 unspecified atom stereocenters. The fraction of sp³-hybridized carbons (Fsp3) is 0.231. The molecule has 0 atom stereocenters. The maximum atomic E-state index is 12.7. The summed E-state index contributed by atoms with van der Waals surface area (Å²) in [6, 6.07) is 23.1. The van der Waals surface area contributed by atoms with Crippen LogP contribution in [-0.2, 0) is 11.3 Å². The highest BCUT2D eigenvalue weighted by Gasteiger charge is 2.19. The largest absolute Gasteiger partial charge is 0.507 e. The molecule has 0 radical (unpaired) electrons. The third-order valence-corrected chi connectivity index (χ3v) is 5.81. The summed E-state index contributed by atoms with van der Waals surface area (Å²) in [5, 5.41) is 26.9. The van der Waals surface area contributed by atoms with E-state index in [0.717, 1.165) is 37.9 Å². The van der Waals surface area contributed by atoms with E-state index in [4.69, 9.17) is 0 Å². The van der Waals surface area contributed by atoms with Gasteiger partial charge >= 0.3 is 0 Å². The lowest BCUT2D eigenvalue weighted by atomic mass is 10.0. The number of anilines is 1. The summed E-state index contributed by atoms with van der Waals surface area (Å²) in [6.45, 7) is 2.87. The Hall–Kier alpha value is -3.82. The minimum absolute atomic E-state index is 0.0221. The molecule has 1 amide bonds. The number of benzene rings is 3. The summed E-state index contributed by atoms with van der Waals surface area (Å²) in [5.74, 6) is -0.327. The Balaban J connectivity index is 1.34. The number of aromatic hydroxyl groups is 1. The van der Waals surface area contributed by atoms with Crippen LogP contribution in [0, 0.1) is 11.3 Å². The highest BCUT2D eigenvalue weighted by molar-refractivity contribution is 6.11. The van der Waals surface area contributed by atoms with Crippen LogP contribution in [0.5, 0.6) is 5.75 Å². The summed E-state index contributed by atoms with van der Waals surface area (Å²) < 4.78 is 0. The van der Waals surface area contributed by atoms with Crippen molar-refractivity contribution in [3.05, 3.63) is 84.1 Å². The molecule has 1 saturated heterocycles. The Morgan fingerprint density at radius 3 is 2.50 bits per heavy atom. The molecule has 0 saturated carbocycles. The normalized spacial score (nSPS) is 15.3. The summed E-state index contributed by atoms with van der Waals surface area (Å²) in [5.41, 5.74) is 1.89. The second kappa shape index (κ2) is 9.99. The number of nitriles is 1. The summed E-state index contributed by atoms with van der Waals surface area (Å²) >= 11 is 0. The number of hydrogen-bond donors (Lipinski definition) is 3. The first-order valence-electron chi connectivity index (χ1n) is 10.8. The van der Waals surface area contributed by atoms with Crippen molar-refractivity contribution in [1.29, 1.82) is 5.26 Å². The molecule has 1 fully saturated rings. The Kier molecular flexibility index (Phi) is 6.69. The molecule has 1 aliphatic heterocycles. The van der Waals surface area contributed by atoms with Gasteiger partial charge in [-0.1, -0.05) is 54.6 Å². The molecule has 0 bridgehead atoms. The first-order chi connectivity index (χ1) is 15.6. The molecule has 0 spiro atoms. The van der Waals surface area contributed by atoms with Crippen molar-refractivity contribution in [2.75, 3.05) is 18.4 Å². The monoisotopic (exact) mass is 426 g/mol. The van der Waals surface area contributed by atoms with Gasteiger partial charge in [0.2, 0.25) is 0 Å². The van der Waals surface area contributed by atoms with E-state index in [-0.39, 0.29) is 17.4 Å². The fourth-order valence-corrected chi connectivity index (χ4v) is 4.04. The number of phenolic OH excluding ortho intramolecular Hbond substituents is 1. The number of amides is 1. The van der Waals surface area contributed by atoms with Crippen molar-refractivity contribution in [2.45, 2.75) is 25.4 Å². The Morgan fingerprint density at radius 1 is 1.03 bits per heavy atom. The Morgan fingerprint density at radius 2 is 1.75 bits per heavy atom. The number of nitrogens with zero attached hydrogens (tertiary/aromatic N) is 2. The highest BCUT2D eigenvalue weighted by Crippen LogP contribution is 2.30. The second-order valence-corrected chi connectivity index (χ2v) is 8.00. The molecule has 6 nitrogen and oxygen atoms in total. The quantitative estimate of drug-likeness (QED) is 0.407. The third kappa shape index (κ3) is 5.08. The summed E-state index contributed by atoms with van der Waals surface area (Å²) in [6.07, 6.45) is 3.42. The molecule has 1 aliphatic rings. The zero-order chi connectivity index (χ0) is 22.3. The summed E-state index contributed by atoms with van der Waals surface area (Å²) in [4.78, 5) is 15.1. The van der Waals surface area contributed by atoms with Crippen LogP contribution >= 0.6 is 0 Å². The predicted octanol–water partition coefficient (Wildman–Crippen LogP) is 4.15. The van der Waals surface area contributed by atoms with E-state index >= 15 is 0 Å². The van der Waals surface area contributed by atoms with Gasteiger partial charge in [-0.25, -0.2) is 0 Å². The number of phenols is 1. The van der Waals surface area contributed by atoms with Gasteiger partial charge in [0, 0.05) is 48.3 Å². The zero-order valence-electron chi connectivity index (χ0n) is 17.8. The molecule has 0 aliphatic carbocycles. The molecule has 3 aromatic carbocycles. The molecule has 32 heavy (non-hydrogen) atoms. The molecule has 3 N–H and O–H groups in total. The lowest BCUT2D eigenvalue weighted by Gasteiger charge is -2.32. The first-order valence-corrected chi connectivity index (χ1v) is 10.8. The van der Waals surface area contributed by atoms with Gasteiger partial charge in [0.15, 0.2) is 0 Å². The van der Waals surface area contributed by atoms with E-state index < -0.39 is 5.91 Å².